The molecule has 1 aliphatic heterocycles. The van der Waals surface area contributed by atoms with E-state index in [1.54, 1.807) is 0 Å². The van der Waals surface area contributed by atoms with Crippen LogP contribution in [0.4, 0.5) is 0 Å². The van der Waals surface area contributed by atoms with E-state index in [1.165, 1.54) is 24.8 Å². The molecule has 1 atom stereocenters. The van der Waals surface area contributed by atoms with Crippen molar-refractivity contribution >= 4 is 27.8 Å². The van der Waals surface area contributed by atoms with Crippen molar-refractivity contribution < 1.29 is 19.4 Å². The number of carbonyl (C=O) groups is 1. The van der Waals surface area contributed by atoms with Crippen LogP contribution in [0.25, 0.3) is 32.9 Å². The molecule has 1 aliphatic carbocycles. The zero-order chi connectivity index (χ0) is 26.6. The van der Waals surface area contributed by atoms with Crippen molar-refractivity contribution in [3.8, 4) is 16.9 Å². The Labute approximate surface area is 223 Å². The van der Waals surface area contributed by atoms with Crippen molar-refractivity contribution in [3.05, 3.63) is 65.0 Å². The lowest BCUT2D eigenvalue weighted by atomic mass is 9.86. The molecule has 1 unspecified atom stereocenters. The van der Waals surface area contributed by atoms with Gasteiger partial charge in [0.1, 0.15) is 5.75 Å². The maximum atomic E-state index is 12.7. The smallest absolute Gasteiger partial charge is 0.337 e. The lowest BCUT2D eigenvalue weighted by Crippen LogP contribution is -2.28. The maximum Gasteiger partial charge on any atom is 0.337 e. The number of nitrogens with zero attached hydrogens (tertiary/aromatic N) is 2. The van der Waals surface area contributed by atoms with Gasteiger partial charge in [-0.3, -0.25) is 9.97 Å². The number of carboxylic acids is 1. The lowest BCUT2D eigenvalue weighted by Gasteiger charge is -2.29. The standard InChI is InChI=1S/C32H34N2O4/c1-18-17-24-22(10-9-21(34-24)8-7-19-5-6-19)28(26(18)30(31(35)36)38-32(2,3)4)23-11-12-25-27-20(14-16-37-25)13-15-33-29(23)27/h9-13,15,17,19,30H,5-8,14,16H2,1-4H3,(H,35,36). The Balaban J connectivity index is 1.63. The fourth-order valence-electron chi connectivity index (χ4n) is 5.68. The van der Waals surface area contributed by atoms with Gasteiger partial charge in [-0.2, -0.15) is 0 Å². The molecule has 0 bridgehead atoms. The third kappa shape index (κ3) is 4.62. The maximum absolute atomic E-state index is 12.7. The molecule has 2 aromatic heterocycles. The summed E-state index contributed by atoms with van der Waals surface area (Å²) in [6, 6.07) is 12.2. The molecule has 2 aromatic carbocycles. The van der Waals surface area contributed by atoms with Crippen molar-refractivity contribution in [2.75, 3.05) is 6.61 Å². The Hall–Kier alpha value is -3.51. The van der Waals surface area contributed by atoms with Crippen LogP contribution in [-0.2, 0) is 22.4 Å². The largest absolute Gasteiger partial charge is 0.493 e. The van der Waals surface area contributed by atoms with Gasteiger partial charge in [0.2, 0.25) is 0 Å². The van der Waals surface area contributed by atoms with E-state index >= 15 is 0 Å². The van der Waals surface area contributed by atoms with Crippen LogP contribution in [0.3, 0.4) is 0 Å². The Kier molecular flexibility index (Phi) is 6.10. The number of benzene rings is 2. The van der Waals surface area contributed by atoms with E-state index in [0.717, 1.165) is 68.7 Å². The summed E-state index contributed by atoms with van der Waals surface area (Å²) in [5.74, 6) is 0.637. The van der Waals surface area contributed by atoms with E-state index in [2.05, 4.69) is 12.1 Å². The van der Waals surface area contributed by atoms with Crippen LogP contribution in [0.1, 0.15) is 68.5 Å². The molecular weight excluding hydrogens is 476 g/mol. The molecule has 6 heteroatoms. The summed E-state index contributed by atoms with van der Waals surface area (Å²) in [7, 11) is 0. The topological polar surface area (TPSA) is 81.5 Å². The fourth-order valence-corrected chi connectivity index (χ4v) is 5.68. The van der Waals surface area contributed by atoms with Crippen LogP contribution in [0.5, 0.6) is 5.75 Å². The number of aryl methyl sites for hydroxylation is 2. The first-order chi connectivity index (χ1) is 18.2. The molecule has 196 valence electrons. The molecule has 1 fully saturated rings. The highest BCUT2D eigenvalue weighted by molar-refractivity contribution is 6.08. The monoisotopic (exact) mass is 510 g/mol. The van der Waals surface area contributed by atoms with Crippen molar-refractivity contribution in [1.29, 1.82) is 0 Å². The Morgan fingerprint density at radius 3 is 2.74 bits per heavy atom. The van der Waals surface area contributed by atoms with Gasteiger partial charge in [0, 0.05) is 40.2 Å². The van der Waals surface area contributed by atoms with E-state index in [1.807, 2.05) is 58.2 Å². The minimum absolute atomic E-state index is 0.637. The zero-order valence-electron chi connectivity index (χ0n) is 22.5. The highest BCUT2D eigenvalue weighted by Gasteiger charge is 2.33. The molecule has 1 saturated carbocycles. The molecule has 4 aromatic rings. The predicted octanol–water partition coefficient (Wildman–Crippen LogP) is 6.98. The number of carboxylic acid groups (broad SMARTS) is 1. The Bertz CT molecular complexity index is 1560. The fraction of sp³-hybridized carbons (Fsp3) is 0.406. The van der Waals surface area contributed by atoms with E-state index in [-0.39, 0.29) is 0 Å². The van der Waals surface area contributed by atoms with Gasteiger partial charge >= 0.3 is 5.97 Å². The van der Waals surface area contributed by atoms with Crippen molar-refractivity contribution in [2.45, 2.75) is 71.5 Å². The van der Waals surface area contributed by atoms with Gasteiger partial charge in [-0.25, -0.2) is 4.79 Å². The van der Waals surface area contributed by atoms with Crippen LogP contribution in [0.2, 0.25) is 0 Å². The highest BCUT2D eigenvalue weighted by Crippen LogP contribution is 2.45. The Morgan fingerprint density at radius 2 is 2.00 bits per heavy atom. The van der Waals surface area contributed by atoms with Gasteiger partial charge in [0.15, 0.2) is 6.10 Å². The molecule has 2 aliphatic rings. The molecular formula is C32H34N2O4. The first kappa shape index (κ1) is 24.8. The zero-order valence-corrected chi connectivity index (χ0v) is 22.5. The van der Waals surface area contributed by atoms with E-state index in [9.17, 15) is 9.90 Å². The summed E-state index contributed by atoms with van der Waals surface area (Å²) >= 11 is 0. The minimum atomic E-state index is -1.15. The number of fused-ring (bicyclic) bond motifs is 1. The second kappa shape index (κ2) is 9.35. The molecule has 0 amide bonds. The molecule has 0 saturated heterocycles. The lowest BCUT2D eigenvalue weighted by molar-refractivity contribution is -0.160. The number of pyridine rings is 2. The number of aromatic nitrogens is 2. The van der Waals surface area contributed by atoms with Crippen LogP contribution in [0.15, 0.2) is 42.6 Å². The summed E-state index contributed by atoms with van der Waals surface area (Å²) < 4.78 is 12.2. The number of hydrogen-bond donors (Lipinski definition) is 1. The Morgan fingerprint density at radius 1 is 1.18 bits per heavy atom. The molecule has 6 rings (SSSR count). The quantitative estimate of drug-likeness (QED) is 0.289. The molecule has 3 heterocycles. The van der Waals surface area contributed by atoms with Crippen molar-refractivity contribution in [1.82, 2.24) is 9.97 Å². The normalized spacial score (nSPS) is 16.0. The number of ether oxygens (including phenoxy) is 2. The molecule has 6 nitrogen and oxygen atoms in total. The number of rotatable bonds is 7. The average molecular weight is 511 g/mol. The number of hydrogen-bond acceptors (Lipinski definition) is 5. The van der Waals surface area contributed by atoms with Gasteiger partial charge in [-0.15, -0.1) is 0 Å². The van der Waals surface area contributed by atoms with Gasteiger partial charge in [-0.1, -0.05) is 18.9 Å². The molecule has 0 spiro atoms. The molecule has 0 radical (unpaired) electrons. The first-order valence-corrected chi connectivity index (χ1v) is 13.6. The first-order valence-electron chi connectivity index (χ1n) is 13.6. The second-order valence-electron chi connectivity index (χ2n) is 11.7. The van der Waals surface area contributed by atoms with Gasteiger partial charge in [0.05, 0.1) is 23.2 Å². The van der Waals surface area contributed by atoms with E-state index in [0.29, 0.717) is 12.2 Å². The predicted molar refractivity (Wildman–Crippen MR) is 149 cm³/mol. The van der Waals surface area contributed by atoms with Crippen LogP contribution < -0.4 is 4.74 Å². The third-order valence-electron chi connectivity index (χ3n) is 7.60. The highest BCUT2D eigenvalue weighted by atomic mass is 16.5. The van der Waals surface area contributed by atoms with Gasteiger partial charge in [0.25, 0.3) is 0 Å². The van der Waals surface area contributed by atoms with Gasteiger partial charge < -0.3 is 14.6 Å². The van der Waals surface area contributed by atoms with Crippen LogP contribution >= 0.6 is 0 Å². The SMILES string of the molecule is Cc1cc2nc(CCC3CC3)ccc2c(-c2ccc3c4c(ccnc24)CCO3)c1C(OC(C)(C)C)C(=O)O. The van der Waals surface area contributed by atoms with E-state index < -0.39 is 17.7 Å². The van der Waals surface area contributed by atoms with Crippen LogP contribution in [-0.4, -0.2) is 33.3 Å². The minimum Gasteiger partial charge on any atom is -0.493 e. The average Bonchev–Trinajstić information content (AvgIpc) is 3.70. The summed E-state index contributed by atoms with van der Waals surface area (Å²) in [4.78, 5) is 22.6. The molecule has 1 N–H and O–H groups in total. The van der Waals surface area contributed by atoms with Crippen molar-refractivity contribution in [3.63, 3.8) is 0 Å². The van der Waals surface area contributed by atoms with E-state index in [4.69, 9.17) is 19.4 Å². The third-order valence-corrected chi connectivity index (χ3v) is 7.60. The van der Waals surface area contributed by atoms with Gasteiger partial charge in [-0.05, 0) is 93.5 Å². The van der Waals surface area contributed by atoms with Crippen molar-refractivity contribution in [2.24, 2.45) is 5.92 Å². The second-order valence-corrected chi connectivity index (χ2v) is 11.7. The summed E-state index contributed by atoms with van der Waals surface area (Å²) in [6.45, 7) is 8.24. The molecule has 38 heavy (non-hydrogen) atoms. The summed E-state index contributed by atoms with van der Waals surface area (Å²) in [6.07, 6.45) is 6.28. The summed E-state index contributed by atoms with van der Waals surface area (Å²) in [5, 5.41) is 12.3. The van der Waals surface area contributed by atoms with Crippen LogP contribution in [0, 0.1) is 12.8 Å². The summed E-state index contributed by atoms with van der Waals surface area (Å²) in [5.41, 5.74) is 6.47. The number of aliphatic carboxylic acids is 1.